The number of nitrogens with one attached hydrogen (secondary N) is 2. The molecule has 2 fully saturated rings. The first kappa shape index (κ1) is 18.9. The van der Waals surface area contributed by atoms with Crippen molar-refractivity contribution in [3.63, 3.8) is 0 Å². The minimum absolute atomic E-state index is 0.531. The number of hydrogen-bond donors (Lipinski definition) is 2. The van der Waals surface area contributed by atoms with E-state index in [1.807, 2.05) is 7.05 Å². The normalized spacial score (nSPS) is 23.7. The van der Waals surface area contributed by atoms with Gasteiger partial charge in [0.25, 0.3) is 0 Å². The molecule has 2 aliphatic rings. The van der Waals surface area contributed by atoms with E-state index in [1.54, 1.807) is 0 Å². The van der Waals surface area contributed by atoms with Gasteiger partial charge in [-0.25, -0.2) is 0 Å². The minimum Gasteiger partial charge on any atom is -0.378 e. The third-order valence-electron chi connectivity index (χ3n) is 4.76. The van der Waals surface area contributed by atoms with Gasteiger partial charge in [0.1, 0.15) is 0 Å². The number of thioether (sulfide) groups is 1. The fraction of sp³-hybridized carbons (Fsp3) is 0.944. The van der Waals surface area contributed by atoms with Crippen molar-refractivity contribution in [3.8, 4) is 0 Å². The zero-order valence-corrected chi connectivity index (χ0v) is 15.6. The summed E-state index contributed by atoms with van der Waals surface area (Å²) in [6.07, 6.45) is 13.6. The van der Waals surface area contributed by atoms with E-state index < -0.39 is 0 Å². The number of hydrogen-bond acceptors (Lipinski definition) is 3. The fourth-order valence-electron chi connectivity index (χ4n) is 3.33. The molecule has 1 saturated carbocycles. The summed E-state index contributed by atoms with van der Waals surface area (Å²) in [5.74, 6) is 2.27. The average Bonchev–Trinajstić information content (AvgIpc) is 2.96. The van der Waals surface area contributed by atoms with E-state index in [2.05, 4.69) is 27.4 Å². The molecule has 2 rings (SSSR count). The van der Waals surface area contributed by atoms with Gasteiger partial charge in [0.05, 0.1) is 6.10 Å². The number of guanidine groups is 1. The molecule has 1 aliphatic carbocycles. The van der Waals surface area contributed by atoms with Gasteiger partial charge in [-0.3, -0.25) is 4.99 Å². The molecule has 0 aromatic carbocycles. The molecule has 0 bridgehead atoms. The maximum Gasteiger partial charge on any atom is 0.191 e. The van der Waals surface area contributed by atoms with Gasteiger partial charge >= 0.3 is 0 Å². The van der Waals surface area contributed by atoms with Crippen LogP contribution in [-0.2, 0) is 4.74 Å². The number of rotatable bonds is 8. The van der Waals surface area contributed by atoms with E-state index in [0.717, 1.165) is 43.7 Å². The molecule has 0 spiro atoms. The molecular formula is C18H35N3OS. The monoisotopic (exact) mass is 341 g/mol. The first-order chi connectivity index (χ1) is 11.4. The van der Waals surface area contributed by atoms with Crippen LogP contribution in [0.2, 0.25) is 0 Å². The molecule has 1 saturated heterocycles. The van der Waals surface area contributed by atoms with E-state index >= 15 is 0 Å². The summed E-state index contributed by atoms with van der Waals surface area (Å²) in [5.41, 5.74) is 0. The van der Waals surface area contributed by atoms with Gasteiger partial charge < -0.3 is 15.4 Å². The van der Waals surface area contributed by atoms with E-state index in [-0.39, 0.29) is 0 Å². The van der Waals surface area contributed by atoms with Gasteiger partial charge in [-0.15, -0.1) is 0 Å². The molecule has 1 atom stereocenters. The van der Waals surface area contributed by atoms with Crippen molar-refractivity contribution < 1.29 is 4.74 Å². The second-order valence-corrected chi connectivity index (χ2v) is 8.11. The van der Waals surface area contributed by atoms with Gasteiger partial charge in [-0.05, 0) is 44.3 Å². The van der Waals surface area contributed by atoms with Crippen molar-refractivity contribution in [2.45, 2.75) is 75.6 Å². The Bertz CT molecular complexity index is 324. The van der Waals surface area contributed by atoms with Crippen molar-refractivity contribution >= 4 is 17.7 Å². The first-order valence-corrected chi connectivity index (χ1v) is 10.6. The Balaban J connectivity index is 1.45. The Morgan fingerprint density at radius 3 is 2.57 bits per heavy atom. The van der Waals surface area contributed by atoms with Gasteiger partial charge in [0, 0.05) is 32.0 Å². The lowest BCUT2D eigenvalue weighted by Crippen LogP contribution is -2.40. The molecule has 1 heterocycles. The van der Waals surface area contributed by atoms with Crippen LogP contribution in [0.5, 0.6) is 0 Å². The molecule has 1 unspecified atom stereocenters. The molecule has 0 aromatic rings. The lowest BCUT2D eigenvalue weighted by Gasteiger charge is -2.16. The summed E-state index contributed by atoms with van der Waals surface area (Å²) in [5, 5.41) is 7.63. The quantitative estimate of drug-likeness (QED) is 0.307. The maximum atomic E-state index is 6.03. The minimum atomic E-state index is 0.531. The van der Waals surface area contributed by atoms with Crippen LogP contribution in [0.3, 0.4) is 0 Å². The molecule has 0 aromatic heterocycles. The van der Waals surface area contributed by atoms with Gasteiger partial charge in [-0.1, -0.05) is 25.7 Å². The summed E-state index contributed by atoms with van der Waals surface area (Å²) >= 11 is 2.08. The molecule has 1 aliphatic heterocycles. The van der Waals surface area contributed by atoms with Crippen LogP contribution in [0.1, 0.15) is 64.2 Å². The SMILES string of the molecule is CN=C(NCCCCOC1CCCCCC1)NCC1CCCS1. The smallest absolute Gasteiger partial charge is 0.191 e. The highest BCUT2D eigenvalue weighted by molar-refractivity contribution is 8.00. The first-order valence-electron chi connectivity index (χ1n) is 9.56. The fourth-order valence-corrected chi connectivity index (χ4v) is 4.53. The van der Waals surface area contributed by atoms with Crippen LogP contribution < -0.4 is 10.6 Å². The Morgan fingerprint density at radius 2 is 1.87 bits per heavy atom. The van der Waals surface area contributed by atoms with Crippen molar-refractivity contribution in [3.05, 3.63) is 0 Å². The summed E-state index contributed by atoms with van der Waals surface area (Å²) in [7, 11) is 1.85. The molecule has 2 N–H and O–H groups in total. The van der Waals surface area contributed by atoms with Crippen LogP contribution in [0.15, 0.2) is 4.99 Å². The molecule has 0 amide bonds. The number of unbranched alkanes of at least 4 members (excludes halogenated alkanes) is 1. The molecule has 23 heavy (non-hydrogen) atoms. The number of aliphatic imine (C=N–C) groups is 1. The van der Waals surface area contributed by atoms with E-state index in [0.29, 0.717) is 6.10 Å². The summed E-state index contributed by atoms with van der Waals surface area (Å²) in [6, 6.07) is 0. The zero-order valence-electron chi connectivity index (χ0n) is 14.8. The third kappa shape index (κ3) is 8.30. The number of nitrogens with zero attached hydrogens (tertiary/aromatic N) is 1. The van der Waals surface area contributed by atoms with Crippen LogP contribution >= 0.6 is 11.8 Å². The van der Waals surface area contributed by atoms with Crippen LogP contribution in [0.4, 0.5) is 0 Å². The van der Waals surface area contributed by atoms with Gasteiger partial charge in [0.15, 0.2) is 5.96 Å². The lowest BCUT2D eigenvalue weighted by molar-refractivity contribution is 0.0411. The van der Waals surface area contributed by atoms with E-state index in [9.17, 15) is 0 Å². The van der Waals surface area contributed by atoms with Crippen LogP contribution in [0.25, 0.3) is 0 Å². The zero-order chi connectivity index (χ0) is 16.2. The van der Waals surface area contributed by atoms with Crippen molar-refractivity contribution in [1.82, 2.24) is 10.6 Å². The Labute approximate surface area is 146 Å². The average molecular weight is 342 g/mol. The molecular weight excluding hydrogens is 306 g/mol. The van der Waals surface area contributed by atoms with Crippen molar-refractivity contribution in [2.75, 3.05) is 32.5 Å². The van der Waals surface area contributed by atoms with Crippen molar-refractivity contribution in [1.29, 1.82) is 0 Å². The second-order valence-electron chi connectivity index (χ2n) is 6.71. The van der Waals surface area contributed by atoms with E-state index in [4.69, 9.17) is 4.74 Å². The largest absolute Gasteiger partial charge is 0.378 e. The topological polar surface area (TPSA) is 45.7 Å². The van der Waals surface area contributed by atoms with E-state index in [1.165, 1.54) is 57.1 Å². The van der Waals surface area contributed by atoms with Crippen molar-refractivity contribution in [2.24, 2.45) is 4.99 Å². The highest BCUT2D eigenvalue weighted by Gasteiger charge is 2.15. The lowest BCUT2D eigenvalue weighted by atomic mass is 10.1. The molecule has 0 radical (unpaired) electrons. The maximum absolute atomic E-state index is 6.03. The standard InChI is InChI=1S/C18H35N3OS/c1-19-18(21-15-17-11-8-14-23-17)20-12-6-7-13-22-16-9-4-2-3-5-10-16/h16-17H,2-15H2,1H3,(H2,19,20,21). The second kappa shape index (κ2) is 12.0. The predicted molar refractivity (Wildman–Crippen MR) is 102 cm³/mol. The summed E-state index contributed by atoms with van der Waals surface area (Å²) < 4.78 is 6.03. The molecule has 4 nitrogen and oxygen atoms in total. The van der Waals surface area contributed by atoms with Crippen LogP contribution in [0, 0.1) is 0 Å². The van der Waals surface area contributed by atoms with Gasteiger partial charge in [0.2, 0.25) is 0 Å². The Hall–Kier alpha value is -0.420. The highest BCUT2D eigenvalue weighted by atomic mass is 32.2. The highest BCUT2D eigenvalue weighted by Crippen LogP contribution is 2.25. The molecule has 5 heteroatoms. The summed E-state index contributed by atoms with van der Waals surface area (Å²) in [4.78, 5) is 4.30. The van der Waals surface area contributed by atoms with Gasteiger partial charge in [-0.2, -0.15) is 11.8 Å². The predicted octanol–water partition coefficient (Wildman–Crippen LogP) is 3.57. The summed E-state index contributed by atoms with van der Waals surface area (Å²) in [6.45, 7) is 2.93. The third-order valence-corrected chi connectivity index (χ3v) is 6.16. The number of ether oxygens (including phenoxy) is 1. The Kier molecular flexibility index (Phi) is 9.88. The molecule has 134 valence electrons. The Morgan fingerprint density at radius 1 is 1.04 bits per heavy atom. The van der Waals surface area contributed by atoms with Crippen LogP contribution in [-0.4, -0.2) is 49.8 Å².